The maximum atomic E-state index is 11.4. The average Bonchev–Trinajstić information content (AvgIpc) is 2.32. The van der Waals surface area contributed by atoms with E-state index in [-0.39, 0.29) is 12.8 Å². The van der Waals surface area contributed by atoms with Crippen LogP contribution in [0.3, 0.4) is 0 Å². The molecule has 0 aromatic carbocycles. The Morgan fingerprint density at radius 1 is 1.11 bits per heavy atom. The molecular formula is C10H17N3O6. The lowest BCUT2D eigenvalue weighted by Crippen LogP contribution is -2.51. The Kier molecular flexibility index (Phi) is 6.94. The van der Waals surface area contributed by atoms with Crippen molar-refractivity contribution in [2.24, 2.45) is 0 Å². The van der Waals surface area contributed by atoms with Crippen molar-refractivity contribution in [2.45, 2.75) is 31.8 Å². The number of urea groups is 1. The number of carbonyl (C=O) groups excluding carboxylic acids is 2. The minimum atomic E-state index is -1.34. The van der Waals surface area contributed by atoms with E-state index in [0.29, 0.717) is 0 Å². The third kappa shape index (κ3) is 6.86. The standard InChI is InChI=1S/C10H17N3O6/c1-5(8(16)11-2)12-10(19)13-6(9(17)18)3-4-7(14)15/h5-6H,3-4H2,1-2H3,(H,11,16)(H,14,15)(H,17,18)(H2,12,13,19)/t5?,6-/m0/s1. The molecule has 2 atom stereocenters. The summed E-state index contributed by atoms with van der Waals surface area (Å²) in [6, 6.07) is -3.01. The molecule has 9 nitrogen and oxygen atoms in total. The van der Waals surface area contributed by atoms with Gasteiger partial charge in [-0.25, -0.2) is 9.59 Å². The number of likely N-dealkylation sites (N-methyl/N-ethyl adjacent to an activating group) is 1. The van der Waals surface area contributed by atoms with Crippen LogP contribution in [0.5, 0.6) is 0 Å². The maximum absolute atomic E-state index is 11.4. The van der Waals surface area contributed by atoms with Gasteiger partial charge < -0.3 is 26.2 Å². The topological polar surface area (TPSA) is 145 Å². The molecule has 108 valence electrons. The molecule has 0 aliphatic carbocycles. The van der Waals surface area contributed by atoms with Crippen molar-refractivity contribution in [1.82, 2.24) is 16.0 Å². The highest BCUT2D eigenvalue weighted by Crippen LogP contribution is 1.98. The van der Waals surface area contributed by atoms with Gasteiger partial charge in [0, 0.05) is 13.5 Å². The van der Waals surface area contributed by atoms with Crippen LogP contribution in [0.15, 0.2) is 0 Å². The number of hydrogen-bond acceptors (Lipinski definition) is 4. The second-order valence-corrected chi connectivity index (χ2v) is 3.78. The third-order valence-electron chi connectivity index (χ3n) is 2.24. The lowest BCUT2D eigenvalue weighted by molar-refractivity contribution is -0.140. The molecular weight excluding hydrogens is 258 g/mol. The second kappa shape index (κ2) is 7.90. The van der Waals surface area contributed by atoms with Crippen molar-refractivity contribution in [3.8, 4) is 0 Å². The minimum absolute atomic E-state index is 0.244. The van der Waals surface area contributed by atoms with Crippen molar-refractivity contribution >= 4 is 23.9 Å². The molecule has 0 aliphatic heterocycles. The van der Waals surface area contributed by atoms with Crippen molar-refractivity contribution < 1.29 is 29.4 Å². The molecule has 0 radical (unpaired) electrons. The van der Waals surface area contributed by atoms with Gasteiger partial charge in [-0.15, -0.1) is 0 Å². The summed E-state index contributed by atoms with van der Waals surface area (Å²) in [7, 11) is 1.39. The van der Waals surface area contributed by atoms with E-state index < -0.39 is 36.0 Å². The Morgan fingerprint density at radius 3 is 2.11 bits per heavy atom. The van der Waals surface area contributed by atoms with E-state index in [0.717, 1.165) is 0 Å². The fraction of sp³-hybridized carbons (Fsp3) is 0.600. The van der Waals surface area contributed by atoms with Gasteiger partial charge in [0.2, 0.25) is 5.91 Å². The van der Waals surface area contributed by atoms with Crippen LogP contribution in [-0.4, -0.2) is 53.2 Å². The van der Waals surface area contributed by atoms with Crippen molar-refractivity contribution in [3.63, 3.8) is 0 Å². The van der Waals surface area contributed by atoms with E-state index >= 15 is 0 Å². The van der Waals surface area contributed by atoms with Crippen molar-refractivity contribution in [2.75, 3.05) is 7.05 Å². The van der Waals surface area contributed by atoms with Gasteiger partial charge in [0.1, 0.15) is 12.1 Å². The van der Waals surface area contributed by atoms with Crippen LogP contribution < -0.4 is 16.0 Å². The highest BCUT2D eigenvalue weighted by Gasteiger charge is 2.22. The van der Waals surface area contributed by atoms with Crippen LogP contribution in [0.1, 0.15) is 19.8 Å². The SMILES string of the molecule is CNC(=O)C(C)NC(=O)N[C@@H](CCC(=O)O)C(=O)O. The van der Waals surface area contributed by atoms with E-state index in [1.54, 1.807) is 0 Å². The predicted octanol–water partition coefficient (Wildman–Crippen LogP) is -1.26. The molecule has 3 amide bonds. The number of rotatable bonds is 7. The zero-order valence-electron chi connectivity index (χ0n) is 10.6. The third-order valence-corrected chi connectivity index (χ3v) is 2.24. The summed E-state index contributed by atoms with van der Waals surface area (Å²) in [6.45, 7) is 1.42. The van der Waals surface area contributed by atoms with Gasteiger partial charge in [-0.1, -0.05) is 0 Å². The number of amides is 3. The number of carbonyl (C=O) groups is 4. The highest BCUT2D eigenvalue weighted by atomic mass is 16.4. The van der Waals surface area contributed by atoms with Crippen molar-refractivity contribution in [3.05, 3.63) is 0 Å². The quantitative estimate of drug-likeness (QED) is 0.392. The van der Waals surface area contributed by atoms with E-state index in [9.17, 15) is 19.2 Å². The fourth-order valence-electron chi connectivity index (χ4n) is 1.20. The van der Waals surface area contributed by atoms with Crippen LogP contribution >= 0.6 is 0 Å². The average molecular weight is 275 g/mol. The molecule has 0 aromatic heterocycles. The number of aliphatic carboxylic acids is 2. The minimum Gasteiger partial charge on any atom is -0.481 e. The van der Waals surface area contributed by atoms with Crippen LogP contribution in [0.4, 0.5) is 4.79 Å². The van der Waals surface area contributed by atoms with Gasteiger partial charge in [0.15, 0.2) is 0 Å². The summed E-state index contributed by atoms with van der Waals surface area (Å²) in [5.41, 5.74) is 0. The first-order valence-electron chi connectivity index (χ1n) is 5.51. The predicted molar refractivity (Wildman–Crippen MR) is 63.5 cm³/mol. The smallest absolute Gasteiger partial charge is 0.326 e. The summed E-state index contributed by atoms with van der Waals surface area (Å²) >= 11 is 0. The van der Waals surface area contributed by atoms with Gasteiger partial charge in [-0.3, -0.25) is 9.59 Å². The Balaban J connectivity index is 4.35. The van der Waals surface area contributed by atoms with E-state index in [1.807, 2.05) is 0 Å². The Bertz CT molecular complexity index is 370. The first-order valence-corrected chi connectivity index (χ1v) is 5.51. The number of carboxylic acids is 2. The Morgan fingerprint density at radius 2 is 1.68 bits per heavy atom. The van der Waals surface area contributed by atoms with Gasteiger partial charge in [-0.05, 0) is 13.3 Å². The molecule has 9 heteroatoms. The first-order chi connectivity index (χ1) is 8.77. The summed E-state index contributed by atoms with van der Waals surface area (Å²) in [5.74, 6) is -2.94. The van der Waals surface area contributed by atoms with Crippen molar-refractivity contribution in [1.29, 1.82) is 0 Å². The van der Waals surface area contributed by atoms with Gasteiger partial charge in [-0.2, -0.15) is 0 Å². The summed E-state index contributed by atoms with van der Waals surface area (Å²) in [6.07, 6.45) is -0.630. The first kappa shape index (κ1) is 16.7. The lowest BCUT2D eigenvalue weighted by Gasteiger charge is -2.17. The Hall–Kier alpha value is -2.32. The molecule has 0 fully saturated rings. The van der Waals surface area contributed by atoms with Gasteiger partial charge >= 0.3 is 18.0 Å². The molecule has 0 heterocycles. The lowest BCUT2D eigenvalue weighted by atomic mass is 10.1. The number of hydrogen-bond donors (Lipinski definition) is 5. The summed E-state index contributed by atoms with van der Waals surface area (Å²) in [4.78, 5) is 43.7. The van der Waals surface area contributed by atoms with E-state index in [2.05, 4.69) is 16.0 Å². The molecule has 0 saturated heterocycles. The molecule has 5 N–H and O–H groups in total. The monoisotopic (exact) mass is 275 g/mol. The summed E-state index contributed by atoms with van der Waals surface area (Å²) in [5, 5.41) is 23.9. The van der Waals surface area contributed by atoms with Crippen LogP contribution in [0, 0.1) is 0 Å². The molecule has 19 heavy (non-hydrogen) atoms. The zero-order valence-corrected chi connectivity index (χ0v) is 10.6. The normalized spacial score (nSPS) is 12.9. The molecule has 0 bridgehead atoms. The molecule has 0 saturated carbocycles. The molecule has 0 rings (SSSR count). The molecule has 0 spiro atoms. The molecule has 0 aliphatic rings. The fourth-order valence-corrected chi connectivity index (χ4v) is 1.20. The van der Waals surface area contributed by atoms with E-state index in [4.69, 9.17) is 10.2 Å². The number of nitrogens with one attached hydrogen (secondary N) is 3. The van der Waals surface area contributed by atoms with Crippen LogP contribution in [0.2, 0.25) is 0 Å². The summed E-state index contributed by atoms with van der Waals surface area (Å²) < 4.78 is 0. The largest absolute Gasteiger partial charge is 0.481 e. The number of carboxylic acid groups (broad SMARTS) is 2. The van der Waals surface area contributed by atoms with Crippen LogP contribution in [0.25, 0.3) is 0 Å². The maximum Gasteiger partial charge on any atom is 0.326 e. The van der Waals surface area contributed by atoms with Crippen LogP contribution in [-0.2, 0) is 14.4 Å². The molecule has 1 unspecified atom stereocenters. The highest BCUT2D eigenvalue weighted by molar-refractivity contribution is 5.88. The molecule has 0 aromatic rings. The Labute approximate surface area is 109 Å². The van der Waals surface area contributed by atoms with E-state index in [1.165, 1.54) is 14.0 Å². The second-order valence-electron chi connectivity index (χ2n) is 3.78. The van der Waals surface area contributed by atoms with Gasteiger partial charge in [0.25, 0.3) is 0 Å². The van der Waals surface area contributed by atoms with Gasteiger partial charge in [0.05, 0.1) is 0 Å². The zero-order chi connectivity index (χ0) is 15.0.